The maximum Gasteiger partial charge on any atom is 0.132 e. The zero-order valence-corrected chi connectivity index (χ0v) is 7.33. The molecule has 2 heteroatoms. The van der Waals surface area contributed by atoms with Gasteiger partial charge in [0, 0.05) is 12.8 Å². The molecule has 0 aromatic carbocycles. The average molecular weight is 168 g/mol. The van der Waals surface area contributed by atoms with E-state index in [9.17, 15) is 9.90 Å². The van der Waals surface area contributed by atoms with Crippen LogP contribution in [-0.2, 0) is 4.79 Å². The molecule has 1 N–H and O–H groups in total. The van der Waals surface area contributed by atoms with Gasteiger partial charge in [0.05, 0.1) is 6.10 Å². The summed E-state index contributed by atoms with van der Waals surface area (Å²) < 4.78 is 0. The largest absolute Gasteiger partial charge is 0.393 e. The molecule has 12 heavy (non-hydrogen) atoms. The molecule has 68 valence electrons. The summed E-state index contributed by atoms with van der Waals surface area (Å²) in [7, 11) is 0. The van der Waals surface area contributed by atoms with Crippen LogP contribution in [0.4, 0.5) is 0 Å². The van der Waals surface area contributed by atoms with Gasteiger partial charge >= 0.3 is 0 Å². The molecule has 1 atom stereocenters. The molecule has 2 fully saturated rings. The minimum absolute atomic E-state index is 0.0990. The maximum absolute atomic E-state index is 10.9. The van der Waals surface area contributed by atoms with E-state index in [1.807, 2.05) is 0 Å². The van der Waals surface area contributed by atoms with Gasteiger partial charge in [-0.2, -0.15) is 0 Å². The molecule has 0 spiro atoms. The van der Waals surface area contributed by atoms with Gasteiger partial charge in [0.2, 0.25) is 0 Å². The zero-order chi connectivity index (χ0) is 8.55. The fourth-order valence-electron chi connectivity index (χ4n) is 2.13. The van der Waals surface area contributed by atoms with E-state index in [2.05, 4.69) is 0 Å². The zero-order valence-electron chi connectivity index (χ0n) is 7.33. The van der Waals surface area contributed by atoms with Crippen LogP contribution in [0.5, 0.6) is 0 Å². The molecular formula is C10H16O2. The van der Waals surface area contributed by atoms with Gasteiger partial charge in [-0.05, 0) is 37.5 Å². The highest BCUT2D eigenvalue weighted by molar-refractivity contribution is 5.79. The van der Waals surface area contributed by atoms with E-state index >= 15 is 0 Å². The Labute approximate surface area is 73.0 Å². The number of hydrogen-bond acceptors (Lipinski definition) is 2. The molecule has 0 aromatic rings. The lowest BCUT2D eigenvalue weighted by atomic mass is 9.83. The highest BCUT2D eigenvalue weighted by Gasteiger charge is 2.36. The summed E-state index contributed by atoms with van der Waals surface area (Å²) in [5.41, 5.74) is 0. The molecule has 2 aliphatic carbocycles. The van der Waals surface area contributed by atoms with Gasteiger partial charge in [-0.25, -0.2) is 0 Å². The van der Waals surface area contributed by atoms with Crippen molar-refractivity contribution >= 4 is 5.78 Å². The van der Waals surface area contributed by atoms with Crippen molar-refractivity contribution in [3.8, 4) is 0 Å². The number of carbonyl (C=O) groups is 1. The Morgan fingerprint density at radius 1 is 1.08 bits per heavy atom. The molecule has 2 saturated carbocycles. The summed E-state index contributed by atoms with van der Waals surface area (Å²) in [6.45, 7) is 0. The molecule has 0 aromatic heterocycles. The predicted octanol–water partition coefficient (Wildman–Crippen LogP) is 1.52. The van der Waals surface area contributed by atoms with E-state index in [1.54, 1.807) is 0 Å². The molecule has 0 radical (unpaired) electrons. The molecule has 1 unspecified atom stereocenters. The van der Waals surface area contributed by atoms with Gasteiger partial charge < -0.3 is 5.11 Å². The number of hydrogen-bond donors (Lipinski definition) is 1. The molecule has 0 amide bonds. The first kappa shape index (κ1) is 8.24. The van der Waals surface area contributed by atoms with Gasteiger partial charge in [0.15, 0.2) is 0 Å². The quantitative estimate of drug-likeness (QED) is 0.678. The standard InChI is InChI=1S/C10H16O2/c11-9-5-3-8(4-6-9)10(12)7-1-2-7/h7-8,10,12H,1-6H2. The second kappa shape index (κ2) is 3.17. The number of carbonyl (C=O) groups excluding carboxylic acids is 1. The Bertz CT molecular complexity index is 174. The van der Waals surface area contributed by atoms with E-state index in [0.29, 0.717) is 30.5 Å². The van der Waals surface area contributed by atoms with Crippen LogP contribution >= 0.6 is 0 Å². The molecule has 0 saturated heterocycles. The number of Topliss-reactive ketones (excluding diaryl/α,β-unsaturated/α-hetero) is 1. The van der Waals surface area contributed by atoms with Crippen LogP contribution in [0.2, 0.25) is 0 Å². The fraction of sp³-hybridized carbons (Fsp3) is 0.900. The van der Waals surface area contributed by atoms with Gasteiger partial charge in [0.25, 0.3) is 0 Å². The van der Waals surface area contributed by atoms with Gasteiger partial charge in [-0.3, -0.25) is 4.79 Å². The summed E-state index contributed by atoms with van der Waals surface area (Å²) in [5, 5.41) is 9.79. The second-order valence-corrected chi connectivity index (χ2v) is 4.20. The van der Waals surface area contributed by atoms with Crippen molar-refractivity contribution in [1.29, 1.82) is 0 Å². The third-order valence-corrected chi connectivity index (χ3v) is 3.18. The van der Waals surface area contributed by atoms with Crippen molar-refractivity contribution in [3.63, 3.8) is 0 Å². The van der Waals surface area contributed by atoms with Crippen molar-refractivity contribution in [2.24, 2.45) is 11.8 Å². The lowest BCUT2D eigenvalue weighted by Gasteiger charge is -2.25. The van der Waals surface area contributed by atoms with Gasteiger partial charge in [-0.1, -0.05) is 0 Å². The van der Waals surface area contributed by atoms with Crippen LogP contribution in [0, 0.1) is 11.8 Å². The molecule has 0 aliphatic heterocycles. The third-order valence-electron chi connectivity index (χ3n) is 3.18. The molecular weight excluding hydrogens is 152 g/mol. The minimum atomic E-state index is -0.0990. The van der Waals surface area contributed by atoms with E-state index < -0.39 is 0 Å². The van der Waals surface area contributed by atoms with Crippen molar-refractivity contribution < 1.29 is 9.90 Å². The summed E-state index contributed by atoms with van der Waals surface area (Å²) >= 11 is 0. The Balaban J connectivity index is 1.83. The van der Waals surface area contributed by atoms with Crippen LogP contribution in [0.25, 0.3) is 0 Å². The fourth-order valence-corrected chi connectivity index (χ4v) is 2.13. The van der Waals surface area contributed by atoms with Crippen LogP contribution in [-0.4, -0.2) is 17.0 Å². The van der Waals surface area contributed by atoms with Crippen LogP contribution < -0.4 is 0 Å². The molecule has 2 aliphatic rings. The van der Waals surface area contributed by atoms with Crippen LogP contribution in [0.15, 0.2) is 0 Å². The number of ketones is 1. The SMILES string of the molecule is O=C1CCC(C(O)C2CC2)CC1. The minimum Gasteiger partial charge on any atom is -0.393 e. The Kier molecular flexibility index (Phi) is 2.18. The monoisotopic (exact) mass is 168 g/mol. The first-order valence-electron chi connectivity index (χ1n) is 4.97. The summed E-state index contributed by atoms with van der Waals surface area (Å²) in [6, 6.07) is 0. The normalized spacial score (nSPS) is 28.9. The van der Waals surface area contributed by atoms with Crippen molar-refractivity contribution in [2.75, 3.05) is 0 Å². The number of aliphatic hydroxyl groups excluding tert-OH is 1. The van der Waals surface area contributed by atoms with Crippen LogP contribution in [0.1, 0.15) is 38.5 Å². The summed E-state index contributed by atoms with van der Waals surface area (Å²) in [6.07, 6.45) is 5.56. The highest BCUT2D eigenvalue weighted by atomic mass is 16.3. The van der Waals surface area contributed by atoms with Crippen molar-refractivity contribution in [2.45, 2.75) is 44.6 Å². The summed E-state index contributed by atoms with van der Waals surface area (Å²) in [5.74, 6) is 1.38. The van der Waals surface area contributed by atoms with Crippen molar-refractivity contribution in [3.05, 3.63) is 0 Å². The topological polar surface area (TPSA) is 37.3 Å². The second-order valence-electron chi connectivity index (χ2n) is 4.20. The first-order chi connectivity index (χ1) is 5.77. The van der Waals surface area contributed by atoms with Crippen molar-refractivity contribution in [1.82, 2.24) is 0 Å². The smallest absolute Gasteiger partial charge is 0.132 e. The van der Waals surface area contributed by atoms with E-state index in [4.69, 9.17) is 0 Å². The Morgan fingerprint density at radius 3 is 2.08 bits per heavy atom. The van der Waals surface area contributed by atoms with Gasteiger partial charge in [-0.15, -0.1) is 0 Å². The Morgan fingerprint density at radius 2 is 1.58 bits per heavy atom. The lowest BCUT2D eigenvalue weighted by Crippen LogP contribution is -2.27. The molecule has 2 nitrogen and oxygen atoms in total. The third kappa shape index (κ3) is 1.69. The average Bonchev–Trinajstić information content (AvgIpc) is 2.87. The van der Waals surface area contributed by atoms with Crippen LogP contribution in [0.3, 0.4) is 0 Å². The molecule has 2 rings (SSSR count). The Hall–Kier alpha value is -0.370. The predicted molar refractivity (Wildman–Crippen MR) is 45.7 cm³/mol. The molecule has 0 heterocycles. The summed E-state index contributed by atoms with van der Waals surface area (Å²) in [4.78, 5) is 10.9. The highest BCUT2D eigenvalue weighted by Crippen LogP contribution is 2.39. The lowest BCUT2D eigenvalue weighted by molar-refractivity contribution is -0.121. The van der Waals surface area contributed by atoms with Gasteiger partial charge in [0.1, 0.15) is 5.78 Å². The number of aliphatic hydroxyl groups is 1. The number of rotatable bonds is 2. The van der Waals surface area contributed by atoms with E-state index in [0.717, 1.165) is 12.8 Å². The van der Waals surface area contributed by atoms with E-state index in [1.165, 1.54) is 12.8 Å². The maximum atomic E-state index is 10.9. The first-order valence-corrected chi connectivity index (χ1v) is 4.97. The molecule has 0 bridgehead atoms. The van der Waals surface area contributed by atoms with E-state index in [-0.39, 0.29) is 6.10 Å².